The number of aromatic carboxylic acids is 1. The fraction of sp³-hybridized carbons (Fsp3) is 0.400. The number of fused-ring (bicyclic) bond motifs is 1. The molecule has 0 saturated carbocycles. The first-order valence-electron chi connectivity index (χ1n) is 5.13. The van der Waals surface area contributed by atoms with Gasteiger partial charge >= 0.3 is 5.97 Å². The minimum atomic E-state index is -0.967. The molecule has 1 fully saturated rings. The van der Waals surface area contributed by atoms with Gasteiger partial charge in [0.1, 0.15) is 0 Å². The number of carboxylic acid groups (broad SMARTS) is 1. The summed E-state index contributed by atoms with van der Waals surface area (Å²) in [5, 5.41) is 8.93. The van der Waals surface area contributed by atoms with Gasteiger partial charge in [0.2, 0.25) is 5.78 Å². The Hall–Kier alpha value is -1.82. The van der Waals surface area contributed by atoms with Gasteiger partial charge < -0.3 is 14.4 Å². The van der Waals surface area contributed by atoms with Crippen LogP contribution in [0.2, 0.25) is 0 Å². The fourth-order valence-electron chi connectivity index (χ4n) is 1.87. The van der Waals surface area contributed by atoms with Gasteiger partial charge in [0, 0.05) is 19.0 Å². The fourth-order valence-corrected chi connectivity index (χ4v) is 1.87. The third-order valence-electron chi connectivity index (χ3n) is 2.84. The number of hydrogen-bond acceptors (Lipinski definition) is 3. The monoisotopic (exact) mass is 221 g/mol. The van der Waals surface area contributed by atoms with E-state index in [1.54, 1.807) is 10.6 Å². The summed E-state index contributed by atoms with van der Waals surface area (Å²) in [5.74, 6) is -0.321. The summed E-state index contributed by atoms with van der Waals surface area (Å²) >= 11 is 0. The number of aromatic nitrogens is 3. The molecule has 2 aromatic heterocycles. The van der Waals surface area contributed by atoms with Crippen LogP contribution < -0.4 is 0 Å². The molecule has 0 amide bonds. The summed E-state index contributed by atoms with van der Waals surface area (Å²) in [6.45, 7) is 1.55. The lowest BCUT2D eigenvalue weighted by molar-refractivity contribution is -0.0587. The molecule has 0 radical (unpaired) electrons. The predicted molar refractivity (Wildman–Crippen MR) is 54.5 cm³/mol. The van der Waals surface area contributed by atoms with Gasteiger partial charge in [-0.1, -0.05) is 0 Å². The second-order valence-corrected chi connectivity index (χ2v) is 3.85. The summed E-state index contributed by atoms with van der Waals surface area (Å²) in [6.07, 6.45) is 6.20. The van der Waals surface area contributed by atoms with Crippen LogP contribution in [0.1, 0.15) is 16.9 Å². The van der Waals surface area contributed by atoms with Crippen molar-refractivity contribution in [3.63, 3.8) is 0 Å². The SMILES string of the molecule is O=C(O)c1cnc2n(CC3CCO3)ccn12. The summed E-state index contributed by atoms with van der Waals surface area (Å²) < 4.78 is 8.82. The van der Waals surface area contributed by atoms with Crippen LogP contribution in [-0.2, 0) is 11.3 Å². The molecule has 0 spiro atoms. The first-order chi connectivity index (χ1) is 7.75. The molecule has 1 atom stereocenters. The van der Waals surface area contributed by atoms with Crippen molar-refractivity contribution < 1.29 is 14.6 Å². The van der Waals surface area contributed by atoms with Gasteiger partial charge in [-0.15, -0.1) is 0 Å². The van der Waals surface area contributed by atoms with Crippen molar-refractivity contribution in [2.75, 3.05) is 6.61 Å². The molecule has 3 rings (SSSR count). The van der Waals surface area contributed by atoms with Crippen LogP contribution in [0.15, 0.2) is 18.6 Å². The Labute approximate surface area is 91.1 Å². The molecule has 0 aliphatic carbocycles. The van der Waals surface area contributed by atoms with E-state index < -0.39 is 5.97 Å². The molecule has 1 aliphatic rings. The van der Waals surface area contributed by atoms with Crippen molar-refractivity contribution in [2.24, 2.45) is 0 Å². The molecule has 16 heavy (non-hydrogen) atoms. The summed E-state index contributed by atoms with van der Waals surface area (Å²) in [7, 11) is 0. The maximum atomic E-state index is 10.9. The number of nitrogens with zero attached hydrogens (tertiary/aromatic N) is 3. The van der Waals surface area contributed by atoms with E-state index >= 15 is 0 Å². The molecule has 0 aromatic carbocycles. The van der Waals surface area contributed by atoms with Crippen molar-refractivity contribution in [3.05, 3.63) is 24.3 Å². The highest BCUT2D eigenvalue weighted by Gasteiger charge is 2.20. The van der Waals surface area contributed by atoms with E-state index in [1.165, 1.54) is 6.20 Å². The summed E-state index contributed by atoms with van der Waals surface area (Å²) in [6, 6.07) is 0. The van der Waals surface area contributed by atoms with Crippen LogP contribution in [0.3, 0.4) is 0 Å². The Morgan fingerprint density at radius 3 is 3.06 bits per heavy atom. The largest absolute Gasteiger partial charge is 0.477 e. The predicted octanol–water partition coefficient (Wildman–Crippen LogP) is 0.623. The Kier molecular flexibility index (Phi) is 1.97. The maximum Gasteiger partial charge on any atom is 0.354 e. The average molecular weight is 221 g/mol. The lowest BCUT2D eigenvalue weighted by atomic mass is 10.2. The highest BCUT2D eigenvalue weighted by atomic mass is 16.5. The van der Waals surface area contributed by atoms with Crippen molar-refractivity contribution in [1.29, 1.82) is 0 Å². The zero-order valence-electron chi connectivity index (χ0n) is 8.54. The van der Waals surface area contributed by atoms with Gasteiger partial charge in [0.25, 0.3) is 0 Å². The molecule has 6 nitrogen and oxygen atoms in total. The van der Waals surface area contributed by atoms with Gasteiger partial charge in [0.15, 0.2) is 5.69 Å². The molecule has 1 saturated heterocycles. The van der Waals surface area contributed by atoms with E-state index in [1.807, 2.05) is 10.8 Å². The molecule has 1 unspecified atom stereocenters. The molecule has 84 valence electrons. The van der Waals surface area contributed by atoms with E-state index in [9.17, 15) is 4.79 Å². The van der Waals surface area contributed by atoms with E-state index in [4.69, 9.17) is 9.84 Å². The van der Waals surface area contributed by atoms with Crippen molar-refractivity contribution in [2.45, 2.75) is 19.1 Å². The normalized spacial score (nSPS) is 19.9. The van der Waals surface area contributed by atoms with E-state index in [-0.39, 0.29) is 11.8 Å². The molecule has 1 N–H and O–H groups in total. The lowest BCUT2D eigenvalue weighted by Gasteiger charge is -2.26. The van der Waals surface area contributed by atoms with Gasteiger partial charge in [0.05, 0.1) is 18.8 Å². The van der Waals surface area contributed by atoms with Crippen molar-refractivity contribution >= 4 is 11.7 Å². The van der Waals surface area contributed by atoms with E-state index in [2.05, 4.69) is 4.98 Å². The summed E-state index contributed by atoms with van der Waals surface area (Å²) in [4.78, 5) is 15.0. The Morgan fingerprint density at radius 2 is 2.44 bits per heavy atom. The zero-order chi connectivity index (χ0) is 11.1. The quantitative estimate of drug-likeness (QED) is 0.825. The number of hydrogen-bond donors (Lipinski definition) is 1. The summed E-state index contributed by atoms with van der Waals surface area (Å²) in [5.41, 5.74) is 0.184. The average Bonchev–Trinajstić information content (AvgIpc) is 2.71. The number of rotatable bonds is 3. The van der Waals surface area contributed by atoms with Crippen molar-refractivity contribution in [3.8, 4) is 0 Å². The third-order valence-corrected chi connectivity index (χ3v) is 2.84. The molecule has 2 aromatic rings. The number of imidazole rings is 2. The first kappa shape index (κ1) is 9.41. The van der Waals surface area contributed by atoms with Gasteiger partial charge in [-0.2, -0.15) is 0 Å². The molecule has 1 aliphatic heterocycles. The van der Waals surface area contributed by atoms with Crippen LogP contribution in [0, 0.1) is 0 Å². The highest BCUT2D eigenvalue weighted by Crippen LogP contribution is 2.16. The standard InChI is InChI=1S/C10H11N3O3/c14-9(15)8-5-11-10-12(2-3-13(8)10)6-7-1-4-16-7/h2-3,5,7H,1,4,6H2,(H,14,15). The van der Waals surface area contributed by atoms with E-state index in [0.717, 1.165) is 19.6 Å². The molecule has 3 heterocycles. The van der Waals surface area contributed by atoms with Crippen LogP contribution in [0.25, 0.3) is 5.78 Å². The second kappa shape index (κ2) is 3.34. The molecule has 6 heteroatoms. The van der Waals surface area contributed by atoms with Gasteiger partial charge in [-0.3, -0.25) is 4.40 Å². The number of carboxylic acids is 1. The Morgan fingerprint density at radius 1 is 1.62 bits per heavy atom. The highest BCUT2D eigenvalue weighted by molar-refractivity contribution is 5.86. The van der Waals surface area contributed by atoms with E-state index in [0.29, 0.717) is 5.78 Å². The molecular formula is C10H11N3O3. The van der Waals surface area contributed by atoms with Crippen LogP contribution in [-0.4, -0.2) is 37.7 Å². The molecule has 0 bridgehead atoms. The number of ether oxygens (including phenoxy) is 1. The van der Waals surface area contributed by atoms with Crippen LogP contribution in [0.5, 0.6) is 0 Å². The number of carbonyl (C=O) groups is 1. The lowest BCUT2D eigenvalue weighted by Crippen LogP contribution is -2.31. The third kappa shape index (κ3) is 1.30. The molecular weight excluding hydrogens is 210 g/mol. The Bertz CT molecular complexity index is 538. The Balaban J connectivity index is 1.97. The smallest absolute Gasteiger partial charge is 0.354 e. The zero-order valence-corrected chi connectivity index (χ0v) is 8.54. The first-order valence-corrected chi connectivity index (χ1v) is 5.13. The maximum absolute atomic E-state index is 10.9. The van der Waals surface area contributed by atoms with Gasteiger partial charge in [-0.05, 0) is 6.42 Å². The minimum Gasteiger partial charge on any atom is -0.477 e. The topological polar surface area (TPSA) is 68.8 Å². The van der Waals surface area contributed by atoms with Gasteiger partial charge in [-0.25, -0.2) is 9.78 Å². The van der Waals surface area contributed by atoms with Crippen LogP contribution in [0.4, 0.5) is 0 Å². The van der Waals surface area contributed by atoms with Crippen LogP contribution >= 0.6 is 0 Å². The second-order valence-electron chi connectivity index (χ2n) is 3.85. The minimum absolute atomic E-state index is 0.184. The van der Waals surface area contributed by atoms with Crippen molar-refractivity contribution in [1.82, 2.24) is 14.0 Å².